The van der Waals surface area contributed by atoms with Gasteiger partial charge in [-0.3, -0.25) is 0 Å². The van der Waals surface area contributed by atoms with Crippen LogP contribution in [0.4, 0.5) is 5.82 Å². The molecule has 2 aliphatic carbocycles. The molecule has 2 aliphatic rings. The first-order valence-electron chi connectivity index (χ1n) is 6.09. The third-order valence-corrected chi connectivity index (χ3v) is 3.89. The molecule has 2 saturated carbocycles. The summed E-state index contributed by atoms with van der Waals surface area (Å²) >= 11 is 0. The van der Waals surface area contributed by atoms with Crippen LogP contribution in [0.15, 0.2) is 0 Å². The van der Waals surface area contributed by atoms with E-state index in [4.69, 9.17) is 10.7 Å². The van der Waals surface area contributed by atoms with Gasteiger partial charge in [0.15, 0.2) is 0 Å². The van der Waals surface area contributed by atoms with Crippen molar-refractivity contribution in [3.05, 3.63) is 11.5 Å². The number of aromatic nitrogens is 2. The minimum Gasteiger partial charge on any atom is -0.384 e. The molecule has 2 N–H and O–H groups in total. The summed E-state index contributed by atoms with van der Waals surface area (Å²) in [4.78, 5) is 4.79. The van der Waals surface area contributed by atoms with Crippen molar-refractivity contribution in [2.45, 2.75) is 50.4 Å². The molecule has 1 aromatic heterocycles. The van der Waals surface area contributed by atoms with Gasteiger partial charge in [0.25, 0.3) is 0 Å². The summed E-state index contributed by atoms with van der Waals surface area (Å²) in [6.45, 7) is 0. The summed E-state index contributed by atoms with van der Waals surface area (Å²) in [6.07, 6.45) is 7.86. The first-order chi connectivity index (χ1) is 7.27. The smallest absolute Gasteiger partial charge is 0.126 e. The highest BCUT2D eigenvalue weighted by Crippen LogP contribution is 2.43. The summed E-state index contributed by atoms with van der Waals surface area (Å²) < 4.78 is 2.12. The van der Waals surface area contributed by atoms with Crippen LogP contribution in [-0.2, 0) is 7.05 Å². The van der Waals surface area contributed by atoms with Gasteiger partial charge in [0, 0.05) is 18.9 Å². The molecule has 1 aromatic rings. The van der Waals surface area contributed by atoms with Gasteiger partial charge >= 0.3 is 0 Å². The van der Waals surface area contributed by atoms with E-state index in [1.54, 1.807) is 0 Å². The van der Waals surface area contributed by atoms with E-state index >= 15 is 0 Å². The summed E-state index contributed by atoms with van der Waals surface area (Å²) in [5.41, 5.74) is 7.34. The van der Waals surface area contributed by atoms with Gasteiger partial charge in [-0.05, 0) is 25.7 Å². The van der Waals surface area contributed by atoms with Crippen molar-refractivity contribution in [3.8, 4) is 0 Å². The molecule has 0 aromatic carbocycles. The second-order valence-electron chi connectivity index (χ2n) is 5.06. The van der Waals surface area contributed by atoms with E-state index in [2.05, 4.69) is 11.6 Å². The number of rotatable bonds is 2. The number of imidazole rings is 1. The van der Waals surface area contributed by atoms with Crippen molar-refractivity contribution in [2.75, 3.05) is 5.73 Å². The molecule has 0 unspecified atom stereocenters. The van der Waals surface area contributed by atoms with Crippen LogP contribution in [0.25, 0.3) is 0 Å². The largest absolute Gasteiger partial charge is 0.384 e. The lowest BCUT2D eigenvalue weighted by Crippen LogP contribution is -2.02. The molecule has 0 bridgehead atoms. The van der Waals surface area contributed by atoms with Gasteiger partial charge < -0.3 is 10.3 Å². The fraction of sp³-hybridized carbons (Fsp3) is 0.750. The molecule has 3 nitrogen and oxygen atoms in total. The Morgan fingerprint density at radius 3 is 2.40 bits per heavy atom. The van der Waals surface area contributed by atoms with Crippen LogP contribution in [0.1, 0.15) is 61.9 Å². The molecule has 3 heteroatoms. The minimum atomic E-state index is 0.642. The van der Waals surface area contributed by atoms with Crippen LogP contribution < -0.4 is 5.73 Å². The van der Waals surface area contributed by atoms with Gasteiger partial charge in [-0.25, -0.2) is 4.98 Å². The van der Waals surface area contributed by atoms with Crippen LogP contribution in [0.2, 0.25) is 0 Å². The number of anilines is 1. The van der Waals surface area contributed by atoms with Crippen molar-refractivity contribution >= 4 is 5.82 Å². The zero-order chi connectivity index (χ0) is 10.4. The highest BCUT2D eigenvalue weighted by atomic mass is 15.1. The molecule has 0 atom stereocenters. The van der Waals surface area contributed by atoms with Gasteiger partial charge in [-0.15, -0.1) is 0 Å². The number of hydrogen-bond acceptors (Lipinski definition) is 2. The molecule has 3 rings (SSSR count). The Balaban J connectivity index is 1.96. The molecule has 1 heterocycles. The third-order valence-electron chi connectivity index (χ3n) is 3.89. The van der Waals surface area contributed by atoms with Gasteiger partial charge in [0.05, 0.1) is 5.69 Å². The Morgan fingerprint density at radius 1 is 1.13 bits per heavy atom. The van der Waals surface area contributed by atoms with Gasteiger partial charge in [-0.2, -0.15) is 0 Å². The Bertz CT molecular complexity index is 370. The zero-order valence-electron chi connectivity index (χ0n) is 9.37. The minimum absolute atomic E-state index is 0.642. The summed E-state index contributed by atoms with van der Waals surface area (Å²) in [6, 6.07) is 0. The topological polar surface area (TPSA) is 43.8 Å². The lowest BCUT2D eigenvalue weighted by atomic mass is 10.0. The molecule has 15 heavy (non-hydrogen) atoms. The Kier molecular flexibility index (Phi) is 2.01. The number of nitrogen functional groups attached to an aromatic ring is 1. The normalized spacial score (nSPS) is 22.5. The van der Waals surface area contributed by atoms with Crippen LogP contribution in [-0.4, -0.2) is 9.55 Å². The van der Waals surface area contributed by atoms with Crippen molar-refractivity contribution in [1.82, 2.24) is 9.55 Å². The van der Waals surface area contributed by atoms with E-state index in [-0.39, 0.29) is 0 Å². The monoisotopic (exact) mass is 205 g/mol. The second-order valence-corrected chi connectivity index (χ2v) is 5.06. The summed E-state index contributed by atoms with van der Waals surface area (Å²) in [5.74, 6) is 3.49. The van der Waals surface area contributed by atoms with Crippen LogP contribution in [0, 0.1) is 0 Å². The van der Waals surface area contributed by atoms with Crippen molar-refractivity contribution in [1.29, 1.82) is 0 Å². The zero-order valence-corrected chi connectivity index (χ0v) is 9.37. The van der Waals surface area contributed by atoms with E-state index < -0.39 is 0 Å². The quantitative estimate of drug-likeness (QED) is 0.806. The van der Waals surface area contributed by atoms with Crippen molar-refractivity contribution < 1.29 is 0 Å². The molecule has 0 aliphatic heterocycles. The van der Waals surface area contributed by atoms with Crippen LogP contribution >= 0.6 is 0 Å². The van der Waals surface area contributed by atoms with Crippen LogP contribution in [0.5, 0.6) is 0 Å². The Hall–Kier alpha value is -0.990. The Morgan fingerprint density at radius 2 is 1.80 bits per heavy atom. The molecule has 2 fully saturated rings. The van der Waals surface area contributed by atoms with E-state index in [1.807, 2.05) is 0 Å². The lowest BCUT2D eigenvalue weighted by Gasteiger charge is -2.06. The number of nitrogens with two attached hydrogens (primary N) is 1. The highest BCUT2D eigenvalue weighted by Gasteiger charge is 2.31. The molecule has 0 spiro atoms. The molecule has 82 valence electrons. The van der Waals surface area contributed by atoms with Crippen molar-refractivity contribution in [2.24, 2.45) is 7.05 Å². The SMILES string of the molecule is Cn1c(C2CC2)nc(C2CCCC2)c1N. The van der Waals surface area contributed by atoms with Gasteiger partial charge in [-0.1, -0.05) is 12.8 Å². The average Bonchev–Trinajstić information content (AvgIpc) is 2.84. The fourth-order valence-electron chi connectivity index (χ4n) is 2.76. The van der Waals surface area contributed by atoms with Crippen molar-refractivity contribution in [3.63, 3.8) is 0 Å². The first kappa shape index (κ1) is 9.25. The second kappa shape index (κ2) is 3.26. The van der Waals surface area contributed by atoms with E-state index in [0.717, 1.165) is 5.82 Å². The number of nitrogens with zero attached hydrogens (tertiary/aromatic N) is 2. The van der Waals surface area contributed by atoms with E-state index in [9.17, 15) is 0 Å². The number of hydrogen-bond donors (Lipinski definition) is 1. The average molecular weight is 205 g/mol. The summed E-state index contributed by atoms with van der Waals surface area (Å²) in [7, 11) is 2.06. The van der Waals surface area contributed by atoms with E-state index in [1.165, 1.54) is 50.0 Å². The predicted molar refractivity (Wildman–Crippen MR) is 60.8 cm³/mol. The Labute approximate surface area is 90.7 Å². The van der Waals surface area contributed by atoms with E-state index in [0.29, 0.717) is 11.8 Å². The standard InChI is InChI=1S/C12H19N3/c1-15-11(13)10(8-4-2-3-5-8)14-12(15)9-6-7-9/h8-9H,2-7,13H2,1H3. The maximum atomic E-state index is 6.15. The molecule has 0 radical (unpaired) electrons. The summed E-state index contributed by atoms with van der Waals surface area (Å²) in [5, 5.41) is 0. The highest BCUT2D eigenvalue weighted by molar-refractivity contribution is 5.42. The van der Waals surface area contributed by atoms with Crippen LogP contribution in [0.3, 0.4) is 0 Å². The first-order valence-corrected chi connectivity index (χ1v) is 6.09. The van der Waals surface area contributed by atoms with Gasteiger partial charge in [0.1, 0.15) is 11.6 Å². The predicted octanol–water partition coefficient (Wildman–Crippen LogP) is 2.54. The fourth-order valence-corrected chi connectivity index (χ4v) is 2.76. The lowest BCUT2D eigenvalue weighted by molar-refractivity contribution is 0.701. The van der Waals surface area contributed by atoms with Gasteiger partial charge in [0.2, 0.25) is 0 Å². The third kappa shape index (κ3) is 1.45. The maximum absolute atomic E-state index is 6.15. The molecular weight excluding hydrogens is 186 g/mol. The molecular formula is C12H19N3. The molecule has 0 amide bonds. The molecule has 0 saturated heterocycles. The maximum Gasteiger partial charge on any atom is 0.126 e.